The Morgan fingerprint density at radius 1 is 1.06 bits per heavy atom. The van der Waals surface area contributed by atoms with Gasteiger partial charge in [-0.15, -0.1) is 0 Å². The number of nitrogens with one attached hydrogen (secondary N) is 1. The smallest absolute Gasteiger partial charge is 0.241 e. The van der Waals surface area contributed by atoms with Crippen LogP contribution in [0.4, 0.5) is 25.2 Å². The standard InChI is InChI=1S/C7H12N2O.F6P/c10-6-2-1-4-9-5-3-8-7-9;1-7(2,3,4,5)6/h3,5,7,10H,1-2,4,6H2;/q;-1/p+1. The van der Waals surface area contributed by atoms with Gasteiger partial charge in [-0.05, 0) is 12.8 Å². The molecule has 0 unspecified atom stereocenters. The number of unbranched alkanes of at least 4 members (excludes halogenated alkanes) is 1. The molecule has 0 spiro atoms. The molecule has 0 aliphatic rings. The minimum absolute atomic E-state index is 0.297. The molecule has 1 aromatic heterocycles. The zero-order valence-corrected chi connectivity index (χ0v) is 9.56. The van der Waals surface area contributed by atoms with Crippen LogP contribution in [-0.4, -0.2) is 16.7 Å². The third kappa shape index (κ3) is 21.1. The number of hydrogen-bond donors (Lipinski definition) is 2. The van der Waals surface area contributed by atoms with E-state index in [1.165, 1.54) is 0 Å². The van der Waals surface area contributed by atoms with Crippen molar-refractivity contribution in [3.8, 4) is 0 Å². The van der Waals surface area contributed by atoms with E-state index in [1.807, 2.05) is 18.7 Å². The maximum absolute atomic E-state index is 10.7. The SMILES string of the molecule is F[P-](F)(F)(F)(F)F.OCCCC[n+]1cc[nH]c1. The van der Waals surface area contributed by atoms with Crippen LogP contribution in [0, 0.1) is 0 Å². The Bertz CT molecular complexity index is 309. The van der Waals surface area contributed by atoms with E-state index in [-0.39, 0.29) is 0 Å². The van der Waals surface area contributed by atoms with Crippen LogP contribution in [0.3, 0.4) is 0 Å². The van der Waals surface area contributed by atoms with Crippen molar-refractivity contribution in [2.24, 2.45) is 0 Å². The molecule has 0 bridgehead atoms. The molecular formula is C7H13F6N2OP. The summed E-state index contributed by atoms with van der Waals surface area (Å²) >= 11 is 0. The molecule has 2 N–H and O–H groups in total. The first kappa shape index (κ1) is 16.2. The molecule has 0 atom stereocenters. The van der Waals surface area contributed by atoms with Crippen LogP contribution in [0.2, 0.25) is 0 Å². The van der Waals surface area contributed by atoms with E-state index >= 15 is 0 Å². The van der Waals surface area contributed by atoms with Crippen LogP contribution in [-0.2, 0) is 6.54 Å². The van der Waals surface area contributed by atoms with E-state index in [4.69, 9.17) is 5.11 Å². The monoisotopic (exact) mass is 286 g/mol. The second kappa shape index (κ2) is 4.81. The summed E-state index contributed by atoms with van der Waals surface area (Å²) in [5.41, 5.74) is 0. The van der Waals surface area contributed by atoms with E-state index in [1.54, 1.807) is 0 Å². The minimum Gasteiger partial charge on any atom is -0.396 e. The van der Waals surface area contributed by atoms with E-state index in [9.17, 15) is 25.2 Å². The van der Waals surface area contributed by atoms with Crippen LogP contribution in [0.25, 0.3) is 0 Å². The molecule has 0 amide bonds. The molecule has 0 fully saturated rings. The first-order chi connectivity index (χ1) is 7.38. The van der Waals surface area contributed by atoms with Crippen LogP contribution < -0.4 is 4.57 Å². The van der Waals surface area contributed by atoms with Crippen molar-refractivity contribution in [2.45, 2.75) is 19.4 Å². The molecule has 0 saturated heterocycles. The number of rotatable bonds is 4. The quantitative estimate of drug-likeness (QED) is 0.378. The molecule has 104 valence electrons. The van der Waals surface area contributed by atoms with Crippen molar-refractivity contribution in [1.82, 2.24) is 4.98 Å². The minimum atomic E-state index is -10.7. The number of H-pyrrole nitrogens is 1. The molecule has 3 nitrogen and oxygen atoms in total. The first-order valence-corrected chi connectivity index (χ1v) is 6.60. The second-order valence-electron chi connectivity index (χ2n) is 3.24. The van der Waals surface area contributed by atoms with E-state index in [0.29, 0.717) is 6.61 Å². The zero-order valence-electron chi connectivity index (χ0n) is 8.67. The van der Waals surface area contributed by atoms with Gasteiger partial charge < -0.3 is 5.11 Å². The number of nitrogens with zero attached hydrogens (tertiary/aromatic N) is 1. The van der Waals surface area contributed by atoms with Crippen molar-refractivity contribution in [2.75, 3.05) is 6.61 Å². The van der Waals surface area contributed by atoms with Gasteiger partial charge in [0.25, 0.3) is 0 Å². The first-order valence-electron chi connectivity index (χ1n) is 4.57. The van der Waals surface area contributed by atoms with Crippen molar-refractivity contribution in [1.29, 1.82) is 0 Å². The van der Waals surface area contributed by atoms with Crippen LogP contribution in [0.15, 0.2) is 18.7 Å². The van der Waals surface area contributed by atoms with Gasteiger partial charge in [-0.1, -0.05) is 0 Å². The maximum atomic E-state index is 9.87. The molecular weight excluding hydrogens is 273 g/mol. The number of aromatic amines is 1. The Balaban J connectivity index is 0.000000325. The molecule has 1 heterocycles. The molecule has 0 aromatic carbocycles. The number of halogens is 6. The Morgan fingerprint density at radius 3 is 1.94 bits per heavy atom. The van der Waals surface area contributed by atoms with Gasteiger partial charge >= 0.3 is 33.0 Å². The number of aliphatic hydroxyl groups excluding tert-OH is 1. The number of aromatic nitrogens is 2. The number of hydrogen-bond acceptors (Lipinski definition) is 1. The largest absolute Gasteiger partial charge is 0.396 e. The third-order valence-electron chi connectivity index (χ3n) is 1.43. The summed E-state index contributed by atoms with van der Waals surface area (Å²) in [4.78, 5) is 2.96. The number of aryl methyl sites for hydroxylation is 1. The van der Waals surface area contributed by atoms with Gasteiger partial charge in [0, 0.05) is 6.61 Å². The van der Waals surface area contributed by atoms with E-state index in [2.05, 4.69) is 9.55 Å². The van der Waals surface area contributed by atoms with Crippen LogP contribution in [0.5, 0.6) is 0 Å². The normalized spacial score (nSPS) is 15.5. The third-order valence-corrected chi connectivity index (χ3v) is 1.43. The molecule has 0 aliphatic carbocycles. The zero-order chi connectivity index (χ0) is 13.6. The summed E-state index contributed by atoms with van der Waals surface area (Å²) in [6.07, 6.45) is 7.71. The summed E-state index contributed by atoms with van der Waals surface area (Å²) in [5.74, 6) is 0. The summed E-state index contributed by atoms with van der Waals surface area (Å²) in [7, 11) is -10.7. The number of imidazole rings is 1. The van der Waals surface area contributed by atoms with Gasteiger partial charge in [-0.2, -0.15) is 0 Å². The summed E-state index contributed by atoms with van der Waals surface area (Å²) in [6.45, 7) is 1.29. The van der Waals surface area contributed by atoms with Crippen molar-refractivity contribution in [3.05, 3.63) is 18.7 Å². The molecule has 10 heteroatoms. The predicted octanol–water partition coefficient (Wildman–Crippen LogP) is 3.46. The van der Waals surface area contributed by atoms with Gasteiger partial charge in [-0.25, -0.2) is 4.57 Å². The fourth-order valence-electron chi connectivity index (χ4n) is 0.866. The Kier molecular flexibility index (Phi) is 4.58. The average Bonchev–Trinajstić information content (AvgIpc) is 2.51. The molecule has 17 heavy (non-hydrogen) atoms. The van der Waals surface area contributed by atoms with E-state index < -0.39 is 7.81 Å². The average molecular weight is 286 g/mol. The van der Waals surface area contributed by atoms with Crippen molar-refractivity contribution < 1.29 is 34.9 Å². The molecule has 1 aromatic rings. The van der Waals surface area contributed by atoms with Crippen LogP contribution >= 0.6 is 7.81 Å². The van der Waals surface area contributed by atoms with Gasteiger partial charge in [0.1, 0.15) is 12.4 Å². The molecule has 0 saturated carbocycles. The Morgan fingerprint density at radius 2 is 1.59 bits per heavy atom. The van der Waals surface area contributed by atoms with E-state index in [0.717, 1.165) is 19.4 Å². The predicted molar refractivity (Wildman–Crippen MR) is 50.9 cm³/mol. The topological polar surface area (TPSA) is 39.9 Å². The second-order valence-corrected chi connectivity index (χ2v) is 5.15. The number of aliphatic hydroxyl groups is 1. The van der Waals surface area contributed by atoms with Gasteiger partial charge in [0.05, 0.1) is 6.54 Å². The van der Waals surface area contributed by atoms with Gasteiger partial charge in [0.15, 0.2) is 0 Å². The fourth-order valence-corrected chi connectivity index (χ4v) is 0.866. The summed E-state index contributed by atoms with van der Waals surface area (Å²) in [6, 6.07) is 0. The molecule has 1 rings (SSSR count). The summed E-state index contributed by atoms with van der Waals surface area (Å²) < 4.78 is 61.3. The summed E-state index contributed by atoms with van der Waals surface area (Å²) in [5, 5.41) is 8.48. The molecule has 0 aliphatic heterocycles. The maximum Gasteiger partial charge on any atom is 0.241 e. The van der Waals surface area contributed by atoms with Crippen molar-refractivity contribution in [3.63, 3.8) is 0 Å². The van der Waals surface area contributed by atoms with Crippen molar-refractivity contribution >= 4 is 7.81 Å². The molecule has 0 radical (unpaired) electrons. The Hall–Kier alpha value is -0.820. The van der Waals surface area contributed by atoms with Gasteiger partial charge in [-0.3, -0.25) is 4.98 Å². The van der Waals surface area contributed by atoms with Crippen LogP contribution in [0.1, 0.15) is 12.8 Å². The fraction of sp³-hybridized carbons (Fsp3) is 0.571. The van der Waals surface area contributed by atoms with Gasteiger partial charge in [0.2, 0.25) is 6.33 Å². The Labute approximate surface area is 93.3 Å².